The zero-order valence-electron chi connectivity index (χ0n) is 12.7. The molecule has 1 heteroatoms. The molecule has 0 amide bonds. The van der Waals surface area contributed by atoms with Crippen molar-refractivity contribution < 1.29 is 0 Å². The fourth-order valence-electron chi connectivity index (χ4n) is 3.14. The molecule has 0 heterocycles. The molecular formula is C20H21Br. The molecule has 0 aromatic heterocycles. The van der Waals surface area contributed by atoms with Crippen molar-refractivity contribution in [3.05, 3.63) is 63.6 Å². The van der Waals surface area contributed by atoms with Crippen LogP contribution in [0.1, 0.15) is 49.3 Å². The molecule has 1 atom stereocenters. The van der Waals surface area contributed by atoms with Gasteiger partial charge in [-0.2, -0.15) is 0 Å². The highest BCUT2D eigenvalue weighted by Crippen LogP contribution is 2.42. The van der Waals surface area contributed by atoms with Crippen LogP contribution in [0.15, 0.2) is 46.9 Å². The number of halogens is 1. The van der Waals surface area contributed by atoms with Gasteiger partial charge in [0.05, 0.1) is 0 Å². The molecule has 0 aliphatic heterocycles. The highest BCUT2D eigenvalue weighted by molar-refractivity contribution is 9.10. The van der Waals surface area contributed by atoms with Crippen LogP contribution >= 0.6 is 15.9 Å². The van der Waals surface area contributed by atoms with E-state index in [4.69, 9.17) is 0 Å². The minimum atomic E-state index is 0.497. The minimum absolute atomic E-state index is 0.497. The van der Waals surface area contributed by atoms with Gasteiger partial charge in [0, 0.05) is 10.4 Å². The van der Waals surface area contributed by atoms with Crippen LogP contribution in [-0.2, 0) is 6.42 Å². The van der Waals surface area contributed by atoms with Crippen LogP contribution in [0.25, 0.3) is 17.2 Å². The Labute approximate surface area is 136 Å². The third kappa shape index (κ3) is 2.72. The van der Waals surface area contributed by atoms with Crippen LogP contribution in [0.5, 0.6) is 0 Å². The van der Waals surface area contributed by atoms with Gasteiger partial charge in [-0.15, -0.1) is 0 Å². The molecule has 0 nitrogen and oxygen atoms in total. The Morgan fingerprint density at radius 1 is 1.05 bits per heavy atom. The van der Waals surface area contributed by atoms with Crippen molar-refractivity contribution in [2.24, 2.45) is 0 Å². The molecule has 1 unspecified atom stereocenters. The highest BCUT2D eigenvalue weighted by atomic mass is 79.9. The van der Waals surface area contributed by atoms with Crippen LogP contribution in [-0.4, -0.2) is 0 Å². The second kappa shape index (κ2) is 6.19. The van der Waals surface area contributed by atoms with Gasteiger partial charge in [-0.05, 0) is 56.6 Å². The molecule has 2 aromatic carbocycles. The number of rotatable bonds is 4. The molecule has 0 bridgehead atoms. The van der Waals surface area contributed by atoms with Crippen molar-refractivity contribution in [2.45, 2.75) is 39.0 Å². The lowest BCUT2D eigenvalue weighted by Gasteiger charge is -2.16. The first-order valence-corrected chi connectivity index (χ1v) is 8.60. The fourth-order valence-corrected chi connectivity index (χ4v) is 4.07. The average molecular weight is 341 g/mol. The lowest BCUT2D eigenvalue weighted by Crippen LogP contribution is -1.95. The van der Waals surface area contributed by atoms with E-state index in [2.05, 4.69) is 78.3 Å². The SMILES string of the molecule is CCCCc1ccccc1-c1ccc2c(c1Br)C(C)C=C2. The number of hydrogen-bond donors (Lipinski definition) is 0. The predicted molar refractivity (Wildman–Crippen MR) is 95.6 cm³/mol. The molecule has 1 aliphatic carbocycles. The molecule has 0 N–H and O–H groups in total. The van der Waals surface area contributed by atoms with Gasteiger partial charge in [0.25, 0.3) is 0 Å². The Morgan fingerprint density at radius 2 is 1.86 bits per heavy atom. The molecule has 0 saturated carbocycles. The normalized spacial score (nSPS) is 16.2. The predicted octanol–water partition coefficient (Wildman–Crippen LogP) is 6.59. The standard InChI is InChI=1S/C20H21Br/c1-3-4-7-15-8-5-6-9-17(15)18-13-12-16-11-10-14(2)19(16)20(18)21/h5-6,8-14H,3-4,7H2,1-2H3. The van der Waals surface area contributed by atoms with Crippen molar-refractivity contribution >= 4 is 22.0 Å². The van der Waals surface area contributed by atoms with Gasteiger partial charge in [-0.25, -0.2) is 0 Å². The average Bonchev–Trinajstić information content (AvgIpc) is 2.88. The van der Waals surface area contributed by atoms with E-state index in [9.17, 15) is 0 Å². The first-order chi connectivity index (χ1) is 10.2. The maximum atomic E-state index is 3.87. The number of unbranched alkanes of at least 4 members (excludes halogenated alkanes) is 1. The smallest absolute Gasteiger partial charge is 0.0297 e. The van der Waals surface area contributed by atoms with E-state index in [1.54, 1.807) is 0 Å². The number of allylic oxidation sites excluding steroid dienone is 1. The lowest BCUT2D eigenvalue weighted by molar-refractivity contribution is 0.796. The lowest BCUT2D eigenvalue weighted by atomic mass is 9.92. The molecule has 108 valence electrons. The fraction of sp³-hybridized carbons (Fsp3) is 0.300. The first kappa shape index (κ1) is 14.6. The van der Waals surface area contributed by atoms with E-state index >= 15 is 0 Å². The van der Waals surface area contributed by atoms with Crippen LogP contribution in [0, 0.1) is 0 Å². The third-order valence-corrected chi connectivity index (χ3v) is 5.19. The summed E-state index contributed by atoms with van der Waals surface area (Å²) in [6.07, 6.45) is 8.15. The summed E-state index contributed by atoms with van der Waals surface area (Å²) in [6.45, 7) is 4.52. The first-order valence-electron chi connectivity index (χ1n) is 7.81. The Hall–Kier alpha value is -1.34. The Balaban J connectivity index is 2.08. The molecule has 0 radical (unpaired) electrons. The zero-order chi connectivity index (χ0) is 14.8. The van der Waals surface area contributed by atoms with Crippen LogP contribution in [0.3, 0.4) is 0 Å². The molecule has 1 aliphatic rings. The minimum Gasteiger partial charge on any atom is -0.0766 e. The van der Waals surface area contributed by atoms with Crippen molar-refractivity contribution in [1.82, 2.24) is 0 Å². The quantitative estimate of drug-likeness (QED) is 0.588. The monoisotopic (exact) mass is 340 g/mol. The van der Waals surface area contributed by atoms with Gasteiger partial charge in [-0.1, -0.05) is 68.8 Å². The number of fused-ring (bicyclic) bond motifs is 1. The van der Waals surface area contributed by atoms with Gasteiger partial charge in [-0.3, -0.25) is 0 Å². The Kier molecular flexibility index (Phi) is 4.30. The maximum Gasteiger partial charge on any atom is 0.0297 e. The molecule has 0 fully saturated rings. The summed E-state index contributed by atoms with van der Waals surface area (Å²) < 4.78 is 1.27. The van der Waals surface area contributed by atoms with E-state index in [0.717, 1.165) is 6.42 Å². The second-order valence-corrected chi connectivity index (χ2v) is 6.63. The molecular weight excluding hydrogens is 320 g/mol. The highest BCUT2D eigenvalue weighted by Gasteiger charge is 2.19. The largest absolute Gasteiger partial charge is 0.0766 e. The van der Waals surface area contributed by atoms with E-state index in [0.29, 0.717) is 5.92 Å². The van der Waals surface area contributed by atoms with E-state index in [1.165, 1.54) is 45.1 Å². The number of hydrogen-bond acceptors (Lipinski definition) is 0. The molecule has 0 spiro atoms. The number of aryl methyl sites for hydroxylation is 1. The third-order valence-electron chi connectivity index (χ3n) is 4.34. The van der Waals surface area contributed by atoms with E-state index < -0.39 is 0 Å². The summed E-state index contributed by atoms with van der Waals surface area (Å²) in [5.74, 6) is 0.497. The molecule has 0 saturated heterocycles. The van der Waals surface area contributed by atoms with Crippen LogP contribution < -0.4 is 0 Å². The maximum absolute atomic E-state index is 3.87. The van der Waals surface area contributed by atoms with Crippen molar-refractivity contribution in [3.63, 3.8) is 0 Å². The van der Waals surface area contributed by atoms with Gasteiger partial charge < -0.3 is 0 Å². The van der Waals surface area contributed by atoms with Crippen LogP contribution in [0.4, 0.5) is 0 Å². The van der Waals surface area contributed by atoms with Gasteiger partial charge in [0.15, 0.2) is 0 Å². The molecule has 2 aromatic rings. The summed E-state index contributed by atoms with van der Waals surface area (Å²) in [7, 11) is 0. The summed E-state index contributed by atoms with van der Waals surface area (Å²) in [5, 5.41) is 0. The summed E-state index contributed by atoms with van der Waals surface area (Å²) >= 11 is 3.87. The van der Waals surface area contributed by atoms with E-state index in [-0.39, 0.29) is 0 Å². The zero-order valence-corrected chi connectivity index (χ0v) is 14.3. The van der Waals surface area contributed by atoms with E-state index in [1.807, 2.05) is 0 Å². The van der Waals surface area contributed by atoms with Crippen molar-refractivity contribution in [2.75, 3.05) is 0 Å². The topological polar surface area (TPSA) is 0 Å². The van der Waals surface area contributed by atoms with Crippen molar-refractivity contribution in [3.8, 4) is 11.1 Å². The molecule has 21 heavy (non-hydrogen) atoms. The Bertz CT molecular complexity index is 682. The second-order valence-electron chi connectivity index (χ2n) is 5.84. The van der Waals surface area contributed by atoms with Crippen molar-refractivity contribution in [1.29, 1.82) is 0 Å². The summed E-state index contributed by atoms with van der Waals surface area (Å²) in [6, 6.07) is 13.3. The van der Waals surface area contributed by atoms with Gasteiger partial charge in [0.2, 0.25) is 0 Å². The van der Waals surface area contributed by atoms with Crippen LogP contribution in [0.2, 0.25) is 0 Å². The summed E-state index contributed by atoms with van der Waals surface area (Å²) in [5.41, 5.74) is 6.94. The molecule has 3 rings (SSSR count). The summed E-state index contributed by atoms with van der Waals surface area (Å²) in [4.78, 5) is 0. The van der Waals surface area contributed by atoms with Gasteiger partial charge in [0.1, 0.15) is 0 Å². The Morgan fingerprint density at radius 3 is 2.67 bits per heavy atom. The number of benzene rings is 2. The van der Waals surface area contributed by atoms with Gasteiger partial charge >= 0.3 is 0 Å².